The van der Waals surface area contributed by atoms with Crippen LogP contribution in [0.2, 0.25) is 0 Å². The molecule has 0 aliphatic carbocycles. The fourth-order valence-electron chi connectivity index (χ4n) is 1.80. The Morgan fingerprint density at radius 2 is 1.64 bits per heavy atom. The van der Waals surface area contributed by atoms with Crippen LogP contribution in [0, 0.1) is 20.2 Å². The van der Waals surface area contributed by atoms with E-state index in [1.54, 1.807) is 0 Å². The number of non-ortho nitro benzene ring substituents is 2. The number of phenolic OH excluding ortho intramolecular Hbond substituents is 2. The molecule has 25 heavy (non-hydrogen) atoms. The molecule has 0 saturated heterocycles. The second kappa shape index (κ2) is 7.04. The summed E-state index contributed by atoms with van der Waals surface area (Å²) in [7, 11) is 0. The van der Waals surface area contributed by atoms with Gasteiger partial charge in [0.05, 0.1) is 27.7 Å². The molecule has 0 aliphatic heterocycles. The minimum atomic E-state index is -0.915. The van der Waals surface area contributed by atoms with Crippen LogP contribution in [0.15, 0.2) is 41.5 Å². The summed E-state index contributed by atoms with van der Waals surface area (Å²) in [6.07, 6.45) is 1.07. The number of hydrogen-bond donors (Lipinski definition) is 3. The number of carbonyl (C=O) groups is 1. The highest BCUT2D eigenvalue weighted by Crippen LogP contribution is 2.23. The summed E-state index contributed by atoms with van der Waals surface area (Å²) in [4.78, 5) is 31.8. The maximum Gasteiger partial charge on any atom is 0.277 e. The van der Waals surface area contributed by atoms with Crippen LogP contribution in [-0.2, 0) is 0 Å². The largest absolute Gasteiger partial charge is 0.508 e. The van der Waals surface area contributed by atoms with Crippen LogP contribution >= 0.6 is 0 Å². The Kier molecular flexibility index (Phi) is 4.88. The van der Waals surface area contributed by atoms with Crippen LogP contribution in [0.5, 0.6) is 11.5 Å². The van der Waals surface area contributed by atoms with E-state index in [9.17, 15) is 30.1 Å². The van der Waals surface area contributed by atoms with Gasteiger partial charge in [0.25, 0.3) is 17.3 Å². The lowest BCUT2D eigenvalue weighted by molar-refractivity contribution is -0.394. The van der Waals surface area contributed by atoms with Gasteiger partial charge in [-0.05, 0) is 12.1 Å². The summed E-state index contributed by atoms with van der Waals surface area (Å²) in [5.41, 5.74) is 0.668. The molecule has 0 fully saturated rings. The highest BCUT2D eigenvalue weighted by Gasteiger charge is 2.19. The fraction of sp³-hybridized carbons (Fsp3) is 0. The van der Waals surface area contributed by atoms with Gasteiger partial charge in [-0.2, -0.15) is 5.10 Å². The zero-order valence-corrected chi connectivity index (χ0v) is 12.3. The molecule has 0 spiro atoms. The van der Waals surface area contributed by atoms with Gasteiger partial charge in [0.2, 0.25) is 0 Å². The summed E-state index contributed by atoms with van der Waals surface area (Å²) < 4.78 is 0. The number of amides is 1. The molecule has 0 bridgehead atoms. The molecule has 2 aromatic rings. The number of hydrogen-bond acceptors (Lipinski definition) is 8. The Morgan fingerprint density at radius 3 is 2.16 bits per heavy atom. The number of aromatic hydroxyl groups is 2. The first-order chi connectivity index (χ1) is 11.8. The third-order valence-electron chi connectivity index (χ3n) is 2.97. The van der Waals surface area contributed by atoms with Crippen LogP contribution in [-0.4, -0.2) is 32.2 Å². The van der Waals surface area contributed by atoms with Crippen LogP contribution < -0.4 is 5.43 Å². The molecule has 128 valence electrons. The maximum absolute atomic E-state index is 12.0. The van der Waals surface area contributed by atoms with E-state index in [-0.39, 0.29) is 22.6 Å². The first-order valence-electron chi connectivity index (χ1n) is 6.57. The summed E-state index contributed by atoms with van der Waals surface area (Å²) in [6, 6.07) is 6.15. The van der Waals surface area contributed by atoms with E-state index in [2.05, 4.69) is 5.10 Å². The van der Waals surface area contributed by atoms with Crippen LogP contribution in [0.4, 0.5) is 11.4 Å². The van der Waals surface area contributed by atoms with Gasteiger partial charge in [0, 0.05) is 23.8 Å². The smallest absolute Gasteiger partial charge is 0.277 e. The maximum atomic E-state index is 12.0. The minimum Gasteiger partial charge on any atom is -0.508 e. The van der Waals surface area contributed by atoms with Crippen molar-refractivity contribution < 1.29 is 24.9 Å². The van der Waals surface area contributed by atoms with Gasteiger partial charge >= 0.3 is 0 Å². The topological polar surface area (TPSA) is 168 Å². The van der Waals surface area contributed by atoms with E-state index in [1.165, 1.54) is 12.1 Å². The molecule has 0 atom stereocenters. The Hall–Kier alpha value is -4.02. The Morgan fingerprint density at radius 1 is 1.04 bits per heavy atom. The van der Waals surface area contributed by atoms with Gasteiger partial charge in [-0.25, -0.2) is 5.43 Å². The monoisotopic (exact) mass is 346 g/mol. The average Bonchev–Trinajstić information content (AvgIpc) is 2.56. The second-order valence-electron chi connectivity index (χ2n) is 4.69. The highest BCUT2D eigenvalue weighted by atomic mass is 16.6. The molecule has 1 amide bonds. The Labute approximate surface area is 139 Å². The van der Waals surface area contributed by atoms with Crippen LogP contribution in [0.25, 0.3) is 0 Å². The van der Waals surface area contributed by atoms with Gasteiger partial charge in [-0.1, -0.05) is 0 Å². The van der Waals surface area contributed by atoms with Crippen molar-refractivity contribution >= 4 is 23.5 Å². The molecule has 2 rings (SSSR count). The number of benzene rings is 2. The van der Waals surface area contributed by atoms with Crippen molar-refractivity contribution in [2.45, 2.75) is 0 Å². The van der Waals surface area contributed by atoms with Crippen LogP contribution in [0.3, 0.4) is 0 Å². The van der Waals surface area contributed by atoms with E-state index in [0.717, 1.165) is 30.5 Å². The van der Waals surface area contributed by atoms with Crippen molar-refractivity contribution in [2.75, 3.05) is 0 Å². The molecule has 0 unspecified atom stereocenters. The van der Waals surface area contributed by atoms with Crippen molar-refractivity contribution in [1.82, 2.24) is 5.43 Å². The summed E-state index contributed by atoms with van der Waals surface area (Å²) in [6.45, 7) is 0. The van der Waals surface area contributed by atoms with Gasteiger partial charge in [-0.15, -0.1) is 0 Å². The van der Waals surface area contributed by atoms with Gasteiger partial charge in [-0.3, -0.25) is 25.0 Å². The number of nitro groups is 2. The number of nitrogens with one attached hydrogen (secondary N) is 1. The number of carbonyl (C=O) groups excluding carboxylic acids is 1. The fourth-order valence-corrected chi connectivity index (χ4v) is 1.80. The molecular formula is C14H10N4O7. The summed E-state index contributed by atoms with van der Waals surface area (Å²) in [5.74, 6) is -1.37. The molecule has 11 nitrogen and oxygen atoms in total. The molecule has 11 heteroatoms. The molecule has 2 aromatic carbocycles. The van der Waals surface area contributed by atoms with E-state index in [1.807, 2.05) is 5.43 Å². The number of nitro benzene ring substituents is 2. The third-order valence-corrected chi connectivity index (χ3v) is 2.97. The lowest BCUT2D eigenvalue weighted by Gasteiger charge is -2.02. The number of rotatable bonds is 5. The molecule has 0 saturated carbocycles. The zero-order valence-electron chi connectivity index (χ0n) is 12.3. The second-order valence-corrected chi connectivity index (χ2v) is 4.69. The Bertz CT molecular complexity index is 862. The highest BCUT2D eigenvalue weighted by molar-refractivity contribution is 5.96. The van der Waals surface area contributed by atoms with Gasteiger partial charge in [0.15, 0.2) is 0 Å². The lowest BCUT2D eigenvalue weighted by Crippen LogP contribution is -2.18. The average molecular weight is 346 g/mol. The minimum absolute atomic E-state index is 0.164. The first-order valence-corrected chi connectivity index (χ1v) is 6.57. The SMILES string of the molecule is O=C(N/N=C/c1ccc(O)cc1O)c1cc([N+](=O)[O-])cc([N+](=O)[O-])c1. The van der Waals surface area contributed by atoms with Crippen molar-refractivity contribution in [3.05, 3.63) is 67.8 Å². The van der Waals surface area contributed by atoms with E-state index in [4.69, 9.17) is 5.11 Å². The Balaban J connectivity index is 2.21. The number of phenols is 2. The standard InChI is InChI=1S/C14H10N4O7/c19-12-2-1-8(13(20)6-12)7-15-16-14(21)9-3-10(17(22)23)5-11(4-9)18(24)25/h1-7,19-20H,(H,16,21)/b15-7+. The van der Waals surface area contributed by atoms with Crippen molar-refractivity contribution in [1.29, 1.82) is 0 Å². The van der Waals surface area contributed by atoms with Crippen molar-refractivity contribution in [2.24, 2.45) is 5.10 Å². The predicted octanol–water partition coefficient (Wildman–Crippen LogP) is 1.68. The molecule has 3 N–H and O–H groups in total. The molecule has 0 heterocycles. The quantitative estimate of drug-likeness (QED) is 0.420. The van der Waals surface area contributed by atoms with Gasteiger partial charge < -0.3 is 10.2 Å². The first kappa shape index (κ1) is 17.3. The summed E-state index contributed by atoms with van der Waals surface area (Å²) in [5, 5.41) is 43.8. The number of nitrogens with zero attached hydrogens (tertiary/aromatic N) is 3. The molecule has 0 aliphatic rings. The third kappa shape index (κ3) is 4.25. The van der Waals surface area contributed by atoms with Crippen molar-refractivity contribution in [3.63, 3.8) is 0 Å². The zero-order chi connectivity index (χ0) is 18.6. The molecular weight excluding hydrogens is 336 g/mol. The van der Waals surface area contributed by atoms with E-state index in [0.29, 0.717) is 0 Å². The molecule has 0 aromatic heterocycles. The van der Waals surface area contributed by atoms with E-state index < -0.39 is 27.1 Å². The predicted molar refractivity (Wildman–Crippen MR) is 84.6 cm³/mol. The van der Waals surface area contributed by atoms with Crippen LogP contribution in [0.1, 0.15) is 15.9 Å². The summed E-state index contributed by atoms with van der Waals surface area (Å²) >= 11 is 0. The van der Waals surface area contributed by atoms with E-state index >= 15 is 0 Å². The van der Waals surface area contributed by atoms with Gasteiger partial charge in [0.1, 0.15) is 11.5 Å². The number of hydrazone groups is 1. The normalized spacial score (nSPS) is 10.6. The van der Waals surface area contributed by atoms with Crippen molar-refractivity contribution in [3.8, 4) is 11.5 Å². The molecule has 0 radical (unpaired) electrons. The lowest BCUT2D eigenvalue weighted by atomic mass is 10.1.